The molecule has 0 aliphatic heterocycles. The first-order valence-corrected chi connectivity index (χ1v) is 6.82. The summed E-state index contributed by atoms with van der Waals surface area (Å²) in [5.41, 5.74) is 6.82. The Bertz CT molecular complexity index is 432. The Morgan fingerprint density at radius 2 is 1.75 bits per heavy atom. The number of rotatable bonds is 7. The zero-order chi connectivity index (χ0) is 15.0. The first kappa shape index (κ1) is 16.2. The standard InChI is InChI=1S/C15H23N3O2/c1-11(2)13(16)8-14(19)18-10-15(20)17-9-12-6-4-3-5-7-12/h3-7,11,13H,8-10,16H2,1-2H3,(H,17,20)(H,18,19). The second kappa shape index (κ2) is 8.32. The average Bonchev–Trinajstić information content (AvgIpc) is 2.43. The molecule has 0 bridgehead atoms. The zero-order valence-corrected chi connectivity index (χ0v) is 12.1. The van der Waals surface area contributed by atoms with Crippen molar-refractivity contribution >= 4 is 11.8 Å². The van der Waals surface area contributed by atoms with Gasteiger partial charge in [-0.3, -0.25) is 9.59 Å². The highest BCUT2D eigenvalue weighted by atomic mass is 16.2. The van der Waals surface area contributed by atoms with Crippen molar-refractivity contribution in [1.82, 2.24) is 10.6 Å². The van der Waals surface area contributed by atoms with E-state index in [9.17, 15) is 9.59 Å². The summed E-state index contributed by atoms with van der Waals surface area (Å²) in [6.45, 7) is 4.37. The van der Waals surface area contributed by atoms with Crippen molar-refractivity contribution in [1.29, 1.82) is 0 Å². The molecule has 0 aromatic heterocycles. The minimum atomic E-state index is -0.208. The molecule has 1 aromatic carbocycles. The molecule has 0 saturated carbocycles. The lowest BCUT2D eigenvalue weighted by molar-refractivity contribution is -0.126. The summed E-state index contributed by atoms with van der Waals surface area (Å²) >= 11 is 0. The van der Waals surface area contributed by atoms with Gasteiger partial charge in [0.15, 0.2) is 0 Å². The number of hydrogen-bond acceptors (Lipinski definition) is 3. The summed E-state index contributed by atoms with van der Waals surface area (Å²) in [7, 11) is 0. The molecule has 0 radical (unpaired) electrons. The molecule has 0 aliphatic rings. The van der Waals surface area contributed by atoms with Crippen LogP contribution in [-0.4, -0.2) is 24.4 Å². The van der Waals surface area contributed by atoms with Crippen LogP contribution in [0, 0.1) is 5.92 Å². The summed E-state index contributed by atoms with van der Waals surface area (Å²) < 4.78 is 0. The number of amides is 2. The number of carbonyl (C=O) groups is 2. The van der Waals surface area contributed by atoms with Crippen LogP contribution >= 0.6 is 0 Å². The molecule has 2 amide bonds. The lowest BCUT2D eigenvalue weighted by Crippen LogP contribution is -2.40. The van der Waals surface area contributed by atoms with Crippen molar-refractivity contribution in [2.24, 2.45) is 11.7 Å². The summed E-state index contributed by atoms with van der Waals surface area (Å²) in [6.07, 6.45) is 0.240. The summed E-state index contributed by atoms with van der Waals surface area (Å²) in [5, 5.41) is 5.32. The zero-order valence-electron chi connectivity index (χ0n) is 12.1. The number of carbonyl (C=O) groups excluding carboxylic acids is 2. The largest absolute Gasteiger partial charge is 0.350 e. The normalized spacial score (nSPS) is 12.0. The molecule has 5 heteroatoms. The van der Waals surface area contributed by atoms with Crippen LogP contribution in [0.15, 0.2) is 30.3 Å². The smallest absolute Gasteiger partial charge is 0.239 e. The third-order valence-corrected chi connectivity index (χ3v) is 3.06. The predicted molar refractivity (Wildman–Crippen MR) is 78.7 cm³/mol. The molecule has 1 rings (SSSR count). The molecule has 0 fully saturated rings. The van der Waals surface area contributed by atoms with Crippen LogP contribution in [-0.2, 0) is 16.1 Å². The van der Waals surface area contributed by atoms with Crippen LogP contribution in [0.2, 0.25) is 0 Å². The van der Waals surface area contributed by atoms with Crippen LogP contribution in [0.5, 0.6) is 0 Å². The van der Waals surface area contributed by atoms with Gasteiger partial charge in [-0.25, -0.2) is 0 Å². The van der Waals surface area contributed by atoms with Gasteiger partial charge in [-0.1, -0.05) is 44.2 Å². The Balaban J connectivity index is 2.21. The molecule has 0 aliphatic carbocycles. The maximum atomic E-state index is 11.6. The topological polar surface area (TPSA) is 84.2 Å². The Morgan fingerprint density at radius 1 is 1.10 bits per heavy atom. The third-order valence-electron chi connectivity index (χ3n) is 3.06. The SMILES string of the molecule is CC(C)C(N)CC(=O)NCC(=O)NCc1ccccc1. The molecule has 0 saturated heterocycles. The molecule has 1 atom stereocenters. The second-order valence-corrected chi connectivity index (χ2v) is 5.15. The molecule has 20 heavy (non-hydrogen) atoms. The van der Waals surface area contributed by atoms with E-state index in [-0.39, 0.29) is 36.7 Å². The van der Waals surface area contributed by atoms with Gasteiger partial charge in [0, 0.05) is 19.0 Å². The van der Waals surface area contributed by atoms with Crippen molar-refractivity contribution in [3.63, 3.8) is 0 Å². The van der Waals surface area contributed by atoms with Gasteiger partial charge in [-0.05, 0) is 11.5 Å². The minimum absolute atomic E-state index is 0.0174. The van der Waals surface area contributed by atoms with Crippen LogP contribution in [0.25, 0.3) is 0 Å². The van der Waals surface area contributed by atoms with Gasteiger partial charge in [0.2, 0.25) is 11.8 Å². The van der Waals surface area contributed by atoms with Gasteiger partial charge in [-0.15, -0.1) is 0 Å². The van der Waals surface area contributed by atoms with Crippen LogP contribution in [0.1, 0.15) is 25.8 Å². The Morgan fingerprint density at radius 3 is 2.35 bits per heavy atom. The first-order chi connectivity index (χ1) is 9.49. The van der Waals surface area contributed by atoms with Crippen molar-refractivity contribution in [2.45, 2.75) is 32.9 Å². The van der Waals surface area contributed by atoms with Crippen molar-refractivity contribution in [3.8, 4) is 0 Å². The molecule has 110 valence electrons. The highest BCUT2D eigenvalue weighted by molar-refractivity contribution is 5.84. The van der Waals surface area contributed by atoms with Crippen molar-refractivity contribution in [3.05, 3.63) is 35.9 Å². The lowest BCUT2D eigenvalue weighted by atomic mass is 10.0. The van der Waals surface area contributed by atoms with Gasteiger partial charge < -0.3 is 16.4 Å². The molecule has 4 N–H and O–H groups in total. The highest BCUT2D eigenvalue weighted by Crippen LogP contribution is 2.02. The first-order valence-electron chi connectivity index (χ1n) is 6.82. The summed E-state index contributed by atoms with van der Waals surface area (Å²) in [6, 6.07) is 9.43. The fourth-order valence-corrected chi connectivity index (χ4v) is 1.56. The number of nitrogens with two attached hydrogens (primary N) is 1. The molecule has 5 nitrogen and oxygen atoms in total. The number of nitrogens with one attached hydrogen (secondary N) is 2. The van der Waals surface area contributed by atoms with Gasteiger partial charge in [0.1, 0.15) is 0 Å². The van der Waals surface area contributed by atoms with Gasteiger partial charge >= 0.3 is 0 Å². The van der Waals surface area contributed by atoms with E-state index in [4.69, 9.17) is 5.73 Å². The Kier molecular flexibility index (Phi) is 6.73. The van der Waals surface area contributed by atoms with E-state index in [1.54, 1.807) is 0 Å². The van der Waals surface area contributed by atoms with Gasteiger partial charge in [-0.2, -0.15) is 0 Å². The minimum Gasteiger partial charge on any atom is -0.350 e. The van der Waals surface area contributed by atoms with Crippen LogP contribution in [0.3, 0.4) is 0 Å². The average molecular weight is 277 g/mol. The lowest BCUT2D eigenvalue weighted by Gasteiger charge is -2.14. The van der Waals surface area contributed by atoms with Crippen molar-refractivity contribution in [2.75, 3.05) is 6.54 Å². The monoisotopic (exact) mass is 277 g/mol. The van der Waals surface area contributed by atoms with Gasteiger partial charge in [0.05, 0.1) is 6.54 Å². The fraction of sp³-hybridized carbons (Fsp3) is 0.467. The molecule has 1 aromatic rings. The third kappa shape index (κ3) is 6.33. The van der Waals surface area contributed by atoms with E-state index in [0.717, 1.165) is 5.56 Å². The molecular weight excluding hydrogens is 254 g/mol. The number of benzene rings is 1. The summed E-state index contributed by atoms with van der Waals surface area (Å²) in [5.74, 6) is -0.158. The molecule has 0 spiro atoms. The van der Waals surface area contributed by atoms with Crippen molar-refractivity contribution < 1.29 is 9.59 Å². The van der Waals surface area contributed by atoms with Crippen LogP contribution in [0.4, 0.5) is 0 Å². The predicted octanol–water partition coefficient (Wildman–Crippen LogP) is 0.792. The van der Waals surface area contributed by atoms with E-state index in [2.05, 4.69) is 10.6 Å². The Hall–Kier alpha value is -1.88. The maximum Gasteiger partial charge on any atom is 0.239 e. The van der Waals surface area contributed by atoms with Crippen LogP contribution < -0.4 is 16.4 Å². The van der Waals surface area contributed by atoms with E-state index in [0.29, 0.717) is 6.54 Å². The highest BCUT2D eigenvalue weighted by Gasteiger charge is 2.13. The quantitative estimate of drug-likeness (QED) is 0.689. The maximum absolute atomic E-state index is 11.6. The van der Waals surface area contributed by atoms with E-state index in [1.807, 2.05) is 44.2 Å². The van der Waals surface area contributed by atoms with E-state index < -0.39 is 0 Å². The molecular formula is C15H23N3O2. The Labute approximate surface area is 119 Å². The molecule has 1 unspecified atom stereocenters. The van der Waals surface area contributed by atoms with E-state index >= 15 is 0 Å². The summed E-state index contributed by atoms with van der Waals surface area (Å²) in [4.78, 5) is 23.1. The molecule has 0 heterocycles. The fourth-order valence-electron chi connectivity index (χ4n) is 1.56. The van der Waals surface area contributed by atoms with Gasteiger partial charge in [0.25, 0.3) is 0 Å². The van der Waals surface area contributed by atoms with E-state index in [1.165, 1.54) is 0 Å². The second-order valence-electron chi connectivity index (χ2n) is 5.15. The number of hydrogen-bond donors (Lipinski definition) is 3.